The summed E-state index contributed by atoms with van der Waals surface area (Å²) in [5.41, 5.74) is 2.44. The number of allylic oxidation sites excluding steroid dienone is 3. The fourth-order valence-corrected chi connectivity index (χ4v) is 3.58. The summed E-state index contributed by atoms with van der Waals surface area (Å²) in [6.07, 6.45) is 4.04. The first-order valence-corrected chi connectivity index (χ1v) is 8.64. The molecule has 0 atom stereocenters. The van der Waals surface area contributed by atoms with Crippen molar-refractivity contribution in [3.05, 3.63) is 87.5 Å². The van der Waals surface area contributed by atoms with Crippen molar-refractivity contribution >= 4 is 32.8 Å². The van der Waals surface area contributed by atoms with Gasteiger partial charge in [-0.2, -0.15) is 0 Å². The zero-order valence-electron chi connectivity index (χ0n) is 12.4. The summed E-state index contributed by atoms with van der Waals surface area (Å²) in [6.45, 7) is 2.26. The molecule has 1 nitrogen and oxygen atoms in total. The van der Waals surface area contributed by atoms with Crippen LogP contribution >= 0.6 is 27.9 Å². The summed E-state index contributed by atoms with van der Waals surface area (Å²) in [5.74, 6) is -0.869. The molecule has 0 fully saturated rings. The molecule has 0 N–H and O–H groups in total. The molecule has 2 aromatic rings. The number of hydrogen-bond acceptors (Lipinski definition) is 2. The Bertz CT molecular complexity index is 787. The molecule has 0 aliphatic carbocycles. The first-order chi connectivity index (χ1) is 11.0. The lowest BCUT2D eigenvalue weighted by atomic mass is 10.2. The molecule has 1 heterocycles. The molecule has 0 amide bonds. The minimum atomic E-state index is -0.455. The van der Waals surface area contributed by atoms with Crippen LogP contribution in [0.1, 0.15) is 18.1 Å². The van der Waals surface area contributed by atoms with Gasteiger partial charge in [0.2, 0.25) is 0 Å². The molecule has 1 aliphatic heterocycles. The van der Waals surface area contributed by atoms with E-state index in [-0.39, 0.29) is 4.47 Å². The largest absolute Gasteiger partial charge is 0.312 e. The van der Waals surface area contributed by atoms with Gasteiger partial charge in [0, 0.05) is 16.2 Å². The Morgan fingerprint density at radius 2 is 1.78 bits per heavy atom. The lowest BCUT2D eigenvalue weighted by Gasteiger charge is -2.28. The molecular formula is C18H14BrF2NS. The van der Waals surface area contributed by atoms with E-state index in [9.17, 15) is 8.78 Å². The van der Waals surface area contributed by atoms with Gasteiger partial charge in [0.15, 0.2) is 0 Å². The smallest absolute Gasteiger partial charge is 0.137 e. The Morgan fingerprint density at radius 1 is 1.04 bits per heavy atom. The lowest BCUT2D eigenvalue weighted by molar-refractivity contribution is 0.523. The summed E-state index contributed by atoms with van der Waals surface area (Å²) < 4.78 is 29.9. The maximum absolute atomic E-state index is 14.1. The molecule has 0 saturated carbocycles. The van der Waals surface area contributed by atoms with Crippen LogP contribution in [-0.2, 0) is 6.54 Å². The number of rotatable bonds is 3. The third-order valence-corrected chi connectivity index (χ3v) is 5.35. The fraction of sp³-hybridized carbons (Fsp3) is 0.111. The topological polar surface area (TPSA) is 3.24 Å². The normalized spacial score (nSPS) is 14.5. The van der Waals surface area contributed by atoms with E-state index in [0.29, 0.717) is 12.1 Å². The molecule has 0 spiro atoms. The van der Waals surface area contributed by atoms with Crippen LogP contribution in [-0.4, -0.2) is 4.31 Å². The number of hydrogen-bond donors (Lipinski definition) is 0. The molecule has 118 valence electrons. The SMILES string of the molecule is CC1=CC=C(c2ccccc2)SN1Cc1cc(F)c(Br)cc1F. The summed E-state index contributed by atoms with van der Waals surface area (Å²) in [5, 5.41) is 0. The summed E-state index contributed by atoms with van der Waals surface area (Å²) in [6, 6.07) is 12.4. The highest BCUT2D eigenvalue weighted by Gasteiger charge is 2.18. The highest BCUT2D eigenvalue weighted by Crippen LogP contribution is 2.38. The molecule has 23 heavy (non-hydrogen) atoms. The van der Waals surface area contributed by atoms with Crippen LogP contribution in [0, 0.1) is 11.6 Å². The second-order valence-corrected chi connectivity index (χ2v) is 7.11. The molecule has 2 aromatic carbocycles. The first-order valence-electron chi connectivity index (χ1n) is 7.07. The third-order valence-electron chi connectivity index (χ3n) is 3.54. The monoisotopic (exact) mass is 393 g/mol. The van der Waals surface area contributed by atoms with Crippen molar-refractivity contribution in [2.75, 3.05) is 0 Å². The minimum absolute atomic E-state index is 0.141. The van der Waals surface area contributed by atoms with Crippen molar-refractivity contribution in [1.82, 2.24) is 4.31 Å². The van der Waals surface area contributed by atoms with Crippen LogP contribution in [0.5, 0.6) is 0 Å². The van der Waals surface area contributed by atoms with Gasteiger partial charge in [-0.25, -0.2) is 8.78 Å². The van der Waals surface area contributed by atoms with Gasteiger partial charge in [0.1, 0.15) is 11.6 Å². The van der Waals surface area contributed by atoms with Gasteiger partial charge in [0.05, 0.1) is 11.0 Å². The Morgan fingerprint density at radius 3 is 2.52 bits per heavy atom. The van der Waals surface area contributed by atoms with Crippen molar-refractivity contribution < 1.29 is 8.78 Å². The number of benzene rings is 2. The van der Waals surface area contributed by atoms with Crippen LogP contribution in [0.25, 0.3) is 4.91 Å². The minimum Gasteiger partial charge on any atom is -0.312 e. The van der Waals surface area contributed by atoms with Gasteiger partial charge in [0.25, 0.3) is 0 Å². The Labute approximate surface area is 147 Å². The summed E-state index contributed by atoms with van der Waals surface area (Å²) in [7, 11) is 0. The van der Waals surface area contributed by atoms with Crippen LogP contribution < -0.4 is 0 Å². The average molecular weight is 394 g/mol. The summed E-state index contributed by atoms with van der Waals surface area (Å²) >= 11 is 4.53. The van der Waals surface area contributed by atoms with E-state index in [1.807, 2.05) is 53.7 Å². The zero-order chi connectivity index (χ0) is 16.4. The maximum atomic E-state index is 14.1. The molecule has 3 rings (SSSR count). The van der Waals surface area contributed by atoms with E-state index in [1.54, 1.807) is 0 Å². The zero-order valence-corrected chi connectivity index (χ0v) is 14.8. The predicted octanol–water partition coefficient (Wildman–Crippen LogP) is 6.14. The van der Waals surface area contributed by atoms with Gasteiger partial charge in [-0.3, -0.25) is 0 Å². The first kappa shape index (κ1) is 16.3. The van der Waals surface area contributed by atoms with E-state index >= 15 is 0 Å². The molecule has 0 unspecified atom stereocenters. The highest BCUT2D eigenvalue weighted by molar-refractivity contribution is 9.10. The van der Waals surface area contributed by atoms with Crippen LogP contribution in [0.15, 0.2) is 64.8 Å². The van der Waals surface area contributed by atoms with E-state index in [0.717, 1.165) is 16.2 Å². The van der Waals surface area contributed by atoms with Crippen LogP contribution in [0.3, 0.4) is 0 Å². The number of nitrogens with zero attached hydrogens (tertiary/aromatic N) is 1. The lowest BCUT2D eigenvalue weighted by Crippen LogP contribution is -2.16. The second kappa shape index (κ2) is 6.89. The second-order valence-electron chi connectivity index (χ2n) is 5.19. The van der Waals surface area contributed by atoms with Crippen LogP contribution in [0.2, 0.25) is 0 Å². The van der Waals surface area contributed by atoms with Gasteiger partial charge in [-0.05, 0) is 64.6 Å². The van der Waals surface area contributed by atoms with Gasteiger partial charge in [-0.1, -0.05) is 30.3 Å². The van der Waals surface area contributed by atoms with E-state index < -0.39 is 11.6 Å². The average Bonchev–Trinajstić information content (AvgIpc) is 2.55. The molecule has 1 aliphatic rings. The quantitative estimate of drug-likeness (QED) is 0.455. The fourth-order valence-electron chi connectivity index (χ4n) is 2.25. The van der Waals surface area contributed by atoms with Gasteiger partial charge < -0.3 is 4.31 Å². The van der Waals surface area contributed by atoms with Crippen LogP contribution in [0.4, 0.5) is 8.78 Å². The van der Waals surface area contributed by atoms with Crippen molar-refractivity contribution in [2.24, 2.45) is 0 Å². The molecule has 0 aromatic heterocycles. The van der Waals surface area contributed by atoms with Gasteiger partial charge in [-0.15, -0.1) is 0 Å². The van der Waals surface area contributed by atoms with Crippen molar-refractivity contribution in [1.29, 1.82) is 0 Å². The third kappa shape index (κ3) is 3.67. The van der Waals surface area contributed by atoms with Crippen molar-refractivity contribution in [3.63, 3.8) is 0 Å². The van der Waals surface area contributed by atoms with Crippen molar-refractivity contribution in [3.8, 4) is 0 Å². The Hall–Kier alpha value is -1.59. The standard InChI is InChI=1S/C18H14BrF2NS/c1-12-7-8-18(13-5-3-2-4-6-13)23-22(12)11-14-9-17(21)15(19)10-16(14)20/h2-10H,11H2,1H3. The highest BCUT2D eigenvalue weighted by atomic mass is 79.9. The summed E-state index contributed by atoms with van der Waals surface area (Å²) in [4.78, 5) is 1.08. The molecular weight excluding hydrogens is 380 g/mol. The molecule has 5 heteroatoms. The Balaban J connectivity index is 1.83. The number of halogens is 3. The van der Waals surface area contributed by atoms with Gasteiger partial charge >= 0.3 is 0 Å². The Kier molecular flexibility index (Phi) is 4.87. The molecule has 0 saturated heterocycles. The maximum Gasteiger partial charge on any atom is 0.137 e. The predicted molar refractivity (Wildman–Crippen MR) is 95.4 cm³/mol. The van der Waals surface area contributed by atoms with E-state index in [1.165, 1.54) is 24.1 Å². The van der Waals surface area contributed by atoms with Crippen molar-refractivity contribution in [2.45, 2.75) is 13.5 Å². The molecule has 0 bridgehead atoms. The van der Waals surface area contributed by atoms with E-state index in [4.69, 9.17) is 0 Å². The molecule has 0 radical (unpaired) electrons. The van der Waals surface area contributed by atoms with E-state index in [2.05, 4.69) is 15.9 Å².